The van der Waals surface area contributed by atoms with Crippen molar-refractivity contribution in [3.05, 3.63) is 101 Å². The molecule has 33 heavy (non-hydrogen) atoms. The summed E-state index contributed by atoms with van der Waals surface area (Å²) in [7, 11) is 0. The fourth-order valence-corrected chi connectivity index (χ4v) is 4.79. The topological polar surface area (TPSA) is 26.0 Å². The minimum atomic E-state index is 0.449. The van der Waals surface area contributed by atoms with Crippen molar-refractivity contribution in [3.8, 4) is 0 Å². The van der Waals surface area contributed by atoms with Crippen molar-refractivity contribution >= 4 is 5.69 Å². The van der Waals surface area contributed by atoms with Crippen LogP contribution in [0.5, 0.6) is 0 Å². The molecular weight excluding hydrogens is 398 g/mol. The fourth-order valence-electron chi connectivity index (χ4n) is 4.79. The first kappa shape index (κ1) is 25.1. The van der Waals surface area contributed by atoms with E-state index >= 15 is 0 Å². The van der Waals surface area contributed by atoms with Crippen LogP contribution in [0.25, 0.3) is 0 Å². The summed E-state index contributed by atoms with van der Waals surface area (Å²) in [6.07, 6.45) is 16.0. The Morgan fingerprint density at radius 1 is 0.545 bits per heavy atom. The van der Waals surface area contributed by atoms with E-state index in [2.05, 4.69) is 73.7 Å². The van der Waals surface area contributed by atoms with Crippen molar-refractivity contribution in [2.75, 3.05) is 5.73 Å². The van der Waals surface area contributed by atoms with Gasteiger partial charge in [-0.3, -0.25) is 0 Å². The van der Waals surface area contributed by atoms with Crippen molar-refractivity contribution in [3.63, 3.8) is 0 Å². The molecule has 0 heterocycles. The van der Waals surface area contributed by atoms with E-state index in [-0.39, 0.29) is 0 Å². The Morgan fingerprint density at radius 2 is 1.03 bits per heavy atom. The van der Waals surface area contributed by atoms with Crippen molar-refractivity contribution in [1.29, 1.82) is 0 Å². The third-order valence-electron chi connectivity index (χ3n) is 6.82. The molecule has 0 saturated heterocycles. The maximum atomic E-state index is 5.97. The van der Waals surface area contributed by atoms with E-state index in [0.717, 1.165) is 12.1 Å². The van der Waals surface area contributed by atoms with Crippen molar-refractivity contribution in [2.24, 2.45) is 0 Å². The number of nitrogen functional groups attached to an aromatic ring is 1. The van der Waals surface area contributed by atoms with Gasteiger partial charge in [-0.25, -0.2) is 0 Å². The summed E-state index contributed by atoms with van der Waals surface area (Å²) in [6.45, 7) is 2.29. The molecule has 1 atom stereocenters. The van der Waals surface area contributed by atoms with Crippen LogP contribution in [-0.4, -0.2) is 0 Å². The maximum Gasteiger partial charge on any atom is 0.0314 e. The van der Waals surface area contributed by atoms with E-state index in [0.29, 0.717) is 5.92 Å². The molecule has 3 rings (SSSR count). The quantitative estimate of drug-likeness (QED) is 0.184. The fraction of sp³-hybridized carbons (Fsp3) is 0.438. The van der Waals surface area contributed by atoms with Crippen LogP contribution < -0.4 is 5.73 Å². The normalized spacial score (nSPS) is 12.0. The Kier molecular flexibility index (Phi) is 11.1. The lowest BCUT2D eigenvalue weighted by Gasteiger charge is -2.19. The first-order chi connectivity index (χ1) is 16.3. The Hall–Kier alpha value is -2.54. The second kappa shape index (κ2) is 14.6. The summed E-state index contributed by atoms with van der Waals surface area (Å²) in [5, 5.41) is 0. The molecule has 2 N–H and O–H groups in total. The van der Waals surface area contributed by atoms with Crippen molar-refractivity contribution in [1.82, 2.24) is 0 Å². The van der Waals surface area contributed by atoms with E-state index < -0.39 is 0 Å². The molecule has 0 amide bonds. The molecule has 0 aliphatic rings. The molecule has 0 bridgehead atoms. The van der Waals surface area contributed by atoms with Crippen molar-refractivity contribution in [2.45, 2.75) is 89.9 Å². The van der Waals surface area contributed by atoms with Gasteiger partial charge in [0.25, 0.3) is 0 Å². The van der Waals surface area contributed by atoms with Gasteiger partial charge in [0, 0.05) is 11.6 Å². The zero-order chi connectivity index (χ0) is 23.1. The zero-order valence-corrected chi connectivity index (χ0v) is 20.6. The van der Waals surface area contributed by atoms with E-state index in [4.69, 9.17) is 5.73 Å². The molecular formula is C32H43N. The van der Waals surface area contributed by atoms with E-state index in [9.17, 15) is 0 Å². The highest BCUT2D eigenvalue weighted by Crippen LogP contribution is 2.31. The molecule has 176 valence electrons. The second-order valence-corrected chi connectivity index (χ2v) is 9.59. The molecule has 3 aromatic carbocycles. The number of hydrogen-bond donors (Lipinski definition) is 1. The molecule has 0 spiro atoms. The van der Waals surface area contributed by atoms with Gasteiger partial charge >= 0.3 is 0 Å². The zero-order valence-electron chi connectivity index (χ0n) is 20.6. The molecule has 1 unspecified atom stereocenters. The van der Waals surface area contributed by atoms with Gasteiger partial charge in [0.15, 0.2) is 0 Å². The minimum absolute atomic E-state index is 0.449. The minimum Gasteiger partial charge on any atom is -0.399 e. The van der Waals surface area contributed by atoms with Gasteiger partial charge in [-0.2, -0.15) is 0 Å². The number of anilines is 1. The lowest BCUT2D eigenvalue weighted by Crippen LogP contribution is -2.02. The largest absolute Gasteiger partial charge is 0.399 e. The average molecular weight is 442 g/mol. The predicted molar refractivity (Wildman–Crippen MR) is 145 cm³/mol. The van der Waals surface area contributed by atoms with Crippen LogP contribution in [0.4, 0.5) is 5.69 Å². The van der Waals surface area contributed by atoms with Gasteiger partial charge < -0.3 is 5.73 Å². The Bertz CT molecular complexity index is 880. The first-order valence-electron chi connectivity index (χ1n) is 13.2. The number of hydrogen-bond acceptors (Lipinski definition) is 1. The molecule has 0 radical (unpaired) electrons. The van der Waals surface area contributed by atoms with Crippen LogP contribution in [0, 0.1) is 0 Å². The van der Waals surface area contributed by atoms with Gasteiger partial charge in [0.1, 0.15) is 0 Å². The molecule has 0 fully saturated rings. The van der Waals surface area contributed by atoms with Gasteiger partial charge in [-0.15, -0.1) is 0 Å². The average Bonchev–Trinajstić information content (AvgIpc) is 2.85. The summed E-state index contributed by atoms with van der Waals surface area (Å²) in [6, 6.07) is 28.6. The Morgan fingerprint density at radius 3 is 1.61 bits per heavy atom. The highest BCUT2D eigenvalue weighted by atomic mass is 14.5. The van der Waals surface area contributed by atoms with Crippen LogP contribution >= 0.6 is 0 Å². The first-order valence-corrected chi connectivity index (χ1v) is 13.2. The third-order valence-corrected chi connectivity index (χ3v) is 6.82. The summed E-state index contributed by atoms with van der Waals surface area (Å²) >= 11 is 0. The van der Waals surface area contributed by atoms with E-state index in [1.807, 2.05) is 12.1 Å². The highest BCUT2D eigenvalue weighted by Gasteiger charge is 2.14. The standard InChI is InChI=1S/C32H43N/c1-2-3-4-5-6-7-8-9-10-14-17-32(30-22-24-31(33)25-23-30)29-20-18-28(19-21-29)26-27-15-12-11-13-16-27/h11-13,15-16,18-25,32H,2-10,14,17,26,33H2,1H3. The lowest BCUT2D eigenvalue weighted by atomic mass is 9.86. The molecule has 1 nitrogen and oxygen atoms in total. The van der Waals surface area contributed by atoms with Gasteiger partial charge in [0.2, 0.25) is 0 Å². The molecule has 1 heteroatoms. The Balaban J connectivity index is 1.52. The van der Waals surface area contributed by atoms with Crippen LogP contribution in [0.2, 0.25) is 0 Å². The van der Waals surface area contributed by atoms with Crippen LogP contribution in [0.15, 0.2) is 78.9 Å². The molecule has 0 aliphatic heterocycles. The smallest absolute Gasteiger partial charge is 0.0314 e. The predicted octanol–water partition coefficient (Wildman–Crippen LogP) is 9.30. The van der Waals surface area contributed by atoms with Crippen LogP contribution in [0.1, 0.15) is 106 Å². The van der Waals surface area contributed by atoms with Gasteiger partial charge in [0.05, 0.1) is 0 Å². The van der Waals surface area contributed by atoms with E-state index in [1.54, 1.807) is 0 Å². The third kappa shape index (κ3) is 9.08. The monoisotopic (exact) mass is 441 g/mol. The van der Waals surface area contributed by atoms with Crippen molar-refractivity contribution < 1.29 is 0 Å². The second-order valence-electron chi connectivity index (χ2n) is 9.59. The number of nitrogens with two attached hydrogens (primary N) is 1. The highest BCUT2D eigenvalue weighted by molar-refractivity contribution is 5.43. The number of benzene rings is 3. The number of rotatable bonds is 15. The number of unbranched alkanes of at least 4 members (excludes halogenated alkanes) is 9. The molecule has 0 aromatic heterocycles. The molecule has 3 aromatic rings. The Labute approximate surface area is 202 Å². The van der Waals surface area contributed by atoms with Gasteiger partial charge in [-0.05, 0) is 47.2 Å². The summed E-state index contributed by atoms with van der Waals surface area (Å²) < 4.78 is 0. The lowest BCUT2D eigenvalue weighted by molar-refractivity contribution is 0.540. The SMILES string of the molecule is CCCCCCCCCCCCC(c1ccc(N)cc1)c1ccc(Cc2ccccc2)cc1. The summed E-state index contributed by atoms with van der Waals surface area (Å²) in [5.74, 6) is 0.449. The maximum absolute atomic E-state index is 5.97. The summed E-state index contributed by atoms with van der Waals surface area (Å²) in [4.78, 5) is 0. The van der Waals surface area contributed by atoms with Crippen LogP contribution in [-0.2, 0) is 6.42 Å². The summed E-state index contributed by atoms with van der Waals surface area (Å²) in [5.41, 5.74) is 12.4. The van der Waals surface area contributed by atoms with E-state index in [1.165, 1.54) is 92.9 Å². The molecule has 0 saturated carbocycles. The van der Waals surface area contributed by atoms with Gasteiger partial charge in [-0.1, -0.05) is 138 Å². The van der Waals surface area contributed by atoms with Crippen LogP contribution in [0.3, 0.4) is 0 Å². The molecule has 0 aliphatic carbocycles.